The third-order valence-electron chi connectivity index (χ3n) is 16.7. The van der Waals surface area contributed by atoms with Gasteiger partial charge >= 0.3 is 0 Å². The van der Waals surface area contributed by atoms with Gasteiger partial charge in [0.05, 0.1) is 12.1 Å². The lowest BCUT2D eigenvalue weighted by molar-refractivity contribution is -0.144. The van der Waals surface area contributed by atoms with Crippen LogP contribution in [-0.4, -0.2) is 94.1 Å². The van der Waals surface area contributed by atoms with Crippen molar-refractivity contribution >= 4 is 29.5 Å². The van der Waals surface area contributed by atoms with Crippen LogP contribution in [0.1, 0.15) is 152 Å². The lowest BCUT2D eigenvalue weighted by atomic mass is 9.65. The van der Waals surface area contributed by atoms with Crippen LogP contribution in [0.3, 0.4) is 0 Å². The SMILES string of the molecule is C=C(C(=O)NC1CC1)[C@H](CCC)NC(=O)C1C[C@@]23CN1C(=O)[C@H](C(C)(C)C)NC(=O)C(N=C(N)[C@@H]1CCCN1C(C)(C)CC)C1CCCC(C1)C2(C)C31CCC1. The lowest BCUT2D eigenvalue weighted by Gasteiger charge is -2.42. The van der Waals surface area contributed by atoms with Crippen LogP contribution in [0.5, 0.6) is 0 Å². The molecule has 2 spiro atoms. The van der Waals surface area contributed by atoms with E-state index < -0.39 is 29.6 Å². The molecule has 3 heterocycles. The Hall–Kier alpha value is -2.95. The number of nitrogens with zero attached hydrogens (tertiary/aromatic N) is 3. The predicted molar refractivity (Wildman–Crippen MR) is 220 cm³/mol. The van der Waals surface area contributed by atoms with Crippen LogP contribution in [0.25, 0.3) is 0 Å². The van der Waals surface area contributed by atoms with Gasteiger partial charge in [0.25, 0.3) is 0 Å². The molecule has 0 radical (unpaired) electrons. The normalized spacial score (nSPS) is 36.4. The number of nitrogens with two attached hydrogens (primary N) is 1. The van der Waals surface area contributed by atoms with Gasteiger partial charge in [0.15, 0.2) is 0 Å². The van der Waals surface area contributed by atoms with Crippen LogP contribution < -0.4 is 21.7 Å². The van der Waals surface area contributed by atoms with Gasteiger partial charge in [0.1, 0.15) is 24.0 Å². The van der Waals surface area contributed by atoms with Crippen LogP contribution in [0, 0.1) is 33.5 Å². The molecule has 7 fully saturated rings. The van der Waals surface area contributed by atoms with E-state index in [-0.39, 0.29) is 63.4 Å². The maximum atomic E-state index is 15.2. The highest BCUT2D eigenvalue weighted by atomic mass is 16.2. The summed E-state index contributed by atoms with van der Waals surface area (Å²) >= 11 is 0. The summed E-state index contributed by atoms with van der Waals surface area (Å²) in [6.07, 6.45) is 14.1. The van der Waals surface area contributed by atoms with Crippen molar-refractivity contribution in [3.8, 4) is 0 Å². The summed E-state index contributed by atoms with van der Waals surface area (Å²) < 4.78 is 0. The van der Waals surface area contributed by atoms with Crippen LogP contribution in [0.2, 0.25) is 0 Å². The second-order valence-electron chi connectivity index (χ2n) is 21.0. The molecule has 0 aromatic rings. The number of hydrogen-bond acceptors (Lipinski definition) is 6. The van der Waals surface area contributed by atoms with E-state index in [1.807, 2.05) is 32.6 Å². The number of nitrogens with one attached hydrogen (secondary N) is 3. The number of hydrogen-bond donors (Lipinski definition) is 4. The summed E-state index contributed by atoms with van der Waals surface area (Å²) in [4.78, 5) is 67.5. The zero-order chi connectivity index (χ0) is 40.6. The molecule has 7 rings (SSSR count). The molecule has 11 heteroatoms. The number of likely N-dealkylation sites (tertiary alicyclic amines) is 1. The number of rotatable bonds is 11. The Kier molecular flexibility index (Phi) is 10.8. The summed E-state index contributed by atoms with van der Waals surface area (Å²) in [5.41, 5.74) is 6.48. The van der Waals surface area contributed by atoms with E-state index in [2.05, 4.69) is 55.1 Å². The second-order valence-corrected chi connectivity index (χ2v) is 21.0. The largest absolute Gasteiger partial charge is 0.386 e. The highest BCUT2D eigenvalue weighted by Crippen LogP contribution is 2.91. The van der Waals surface area contributed by atoms with Gasteiger partial charge in [0.2, 0.25) is 23.6 Å². The van der Waals surface area contributed by atoms with E-state index in [4.69, 9.17) is 10.7 Å². The van der Waals surface area contributed by atoms with Gasteiger partial charge < -0.3 is 26.6 Å². The van der Waals surface area contributed by atoms with Gasteiger partial charge in [-0.3, -0.25) is 29.1 Å². The Balaban J connectivity index is 1.25. The van der Waals surface area contributed by atoms with Crippen LogP contribution in [-0.2, 0) is 19.2 Å². The topological polar surface area (TPSA) is 149 Å². The fourth-order valence-electron chi connectivity index (χ4n) is 12.7. The third kappa shape index (κ3) is 6.61. The van der Waals surface area contributed by atoms with E-state index in [1.54, 1.807) is 0 Å². The molecule has 0 aromatic carbocycles. The molecule has 7 aliphatic rings. The van der Waals surface area contributed by atoms with Crippen molar-refractivity contribution in [2.75, 3.05) is 13.1 Å². The lowest BCUT2D eigenvalue weighted by Crippen LogP contribution is -2.60. The van der Waals surface area contributed by atoms with E-state index in [0.29, 0.717) is 36.7 Å². The minimum Gasteiger partial charge on any atom is -0.386 e. The number of fused-ring (bicyclic) bond motifs is 5. The number of amidine groups is 1. The summed E-state index contributed by atoms with van der Waals surface area (Å²) in [6, 6.07) is -2.62. The first kappa shape index (κ1) is 41.2. The molecule has 5 unspecified atom stereocenters. The second kappa shape index (κ2) is 14.7. The molecule has 0 aromatic heterocycles. The first-order chi connectivity index (χ1) is 26.4. The fraction of sp³-hybridized carbons (Fsp3) is 0.844. The zero-order valence-electron chi connectivity index (χ0n) is 35.9. The predicted octanol–water partition coefficient (Wildman–Crippen LogP) is 5.61. The minimum absolute atomic E-state index is 0.0160. The van der Waals surface area contributed by atoms with Crippen molar-refractivity contribution in [1.29, 1.82) is 0 Å². The van der Waals surface area contributed by atoms with E-state index >= 15 is 4.79 Å². The highest BCUT2D eigenvalue weighted by Gasteiger charge is 2.88. The van der Waals surface area contributed by atoms with Crippen molar-refractivity contribution in [2.45, 2.75) is 193 Å². The smallest absolute Gasteiger partial charge is 0.248 e. The zero-order valence-corrected chi connectivity index (χ0v) is 35.9. The molecule has 3 saturated heterocycles. The number of carbonyl (C=O) groups excluding carboxylic acids is 4. The van der Waals surface area contributed by atoms with Gasteiger partial charge in [0, 0.05) is 29.1 Å². The van der Waals surface area contributed by atoms with Gasteiger partial charge in [-0.1, -0.05) is 67.4 Å². The quantitative estimate of drug-likeness (QED) is 0.122. The Labute approximate surface area is 336 Å². The van der Waals surface area contributed by atoms with Crippen LogP contribution in [0.4, 0.5) is 0 Å². The molecule has 56 heavy (non-hydrogen) atoms. The average Bonchev–Trinajstić information content (AvgIpc) is 3.83. The standard InChI is InChI=1S/C45H73N7O4/c1-10-15-31(27(3)37(53)47-30-19-20-30)48-38(54)33-25-45-26-51(33)40(56)35(41(4,5)6)50-39(55)34(49-36(46)32-18-13-23-52(32)42(7,8)11-2)28-16-12-17-29(24-28)43(45,9)44(45)21-14-22-44/h28-35H,3,10-26H2,1-2,4-9H3,(H2,46,49)(H,47,53)(H,48,54)(H,50,55)/t28?,29?,31-,32-,33?,34?,35+,43?,45+/m0/s1. The van der Waals surface area contributed by atoms with E-state index in [1.165, 1.54) is 0 Å². The number of amides is 4. The maximum absolute atomic E-state index is 15.2. The molecular weight excluding hydrogens is 703 g/mol. The van der Waals surface area contributed by atoms with E-state index in [9.17, 15) is 14.4 Å². The summed E-state index contributed by atoms with van der Waals surface area (Å²) in [6.45, 7) is 22.8. The first-order valence-electron chi connectivity index (χ1n) is 22.4. The number of carbonyl (C=O) groups is 4. The molecule has 4 saturated carbocycles. The number of aliphatic imine (C=N–C) groups is 1. The van der Waals surface area contributed by atoms with Gasteiger partial charge in [-0.15, -0.1) is 0 Å². The molecule has 11 nitrogen and oxygen atoms in total. The highest BCUT2D eigenvalue weighted by molar-refractivity contribution is 5.98. The van der Waals surface area contributed by atoms with Crippen LogP contribution in [0.15, 0.2) is 17.1 Å². The molecule has 9 atom stereocenters. The van der Waals surface area contributed by atoms with Crippen molar-refractivity contribution in [1.82, 2.24) is 25.8 Å². The molecule has 3 aliphatic heterocycles. The monoisotopic (exact) mass is 776 g/mol. The average molecular weight is 776 g/mol. The minimum atomic E-state index is -0.867. The molecular formula is C45H73N7O4. The Bertz CT molecular complexity index is 1630. The first-order valence-corrected chi connectivity index (χ1v) is 22.4. The van der Waals surface area contributed by atoms with Gasteiger partial charge in [-0.05, 0) is 126 Å². The summed E-state index contributed by atoms with van der Waals surface area (Å²) in [5.74, 6) is 0.0257. The van der Waals surface area contributed by atoms with Crippen molar-refractivity contribution in [2.24, 2.45) is 44.2 Å². The van der Waals surface area contributed by atoms with Crippen molar-refractivity contribution < 1.29 is 19.2 Å². The molecule has 5 N–H and O–H groups in total. The summed E-state index contributed by atoms with van der Waals surface area (Å²) in [5, 5.41) is 9.55. The van der Waals surface area contributed by atoms with Crippen molar-refractivity contribution in [3.63, 3.8) is 0 Å². The third-order valence-corrected chi connectivity index (χ3v) is 16.7. The Morgan fingerprint density at radius 3 is 2.32 bits per heavy atom. The molecule has 4 bridgehead atoms. The maximum Gasteiger partial charge on any atom is 0.248 e. The molecule has 312 valence electrons. The Morgan fingerprint density at radius 2 is 1.71 bits per heavy atom. The van der Waals surface area contributed by atoms with Crippen LogP contribution >= 0.6 is 0 Å². The van der Waals surface area contributed by atoms with Gasteiger partial charge in [-0.2, -0.15) is 0 Å². The van der Waals surface area contributed by atoms with E-state index in [0.717, 1.165) is 90.0 Å². The van der Waals surface area contributed by atoms with Crippen molar-refractivity contribution in [3.05, 3.63) is 12.2 Å². The van der Waals surface area contributed by atoms with Gasteiger partial charge in [-0.25, -0.2) is 0 Å². The summed E-state index contributed by atoms with van der Waals surface area (Å²) in [7, 11) is 0. The Morgan fingerprint density at radius 1 is 1.00 bits per heavy atom. The molecule has 4 amide bonds. The molecule has 4 aliphatic carbocycles. The fourth-order valence-corrected chi connectivity index (χ4v) is 12.7.